The molecule has 0 saturated carbocycles. The molecular weight excluding hydrogens is 613 g/mol. The number of hydrogen-bond donors (Lipinski definition) is 0. The van der Waals surface area contributed by atoms with Crippen molar-refractivity contribution in [1.29, 1.82) is 15.8 Å². The average Bonchev–Trinajstić information content (AvgIpc) is 3.72. The summed E-state index contributed by atoms with van der Waals surface area (Å²) in [4.78, 5) is 0. The molecule has 230 valence electrons. The zero-order chi connectivity index (χ0) is 33.8. The number of benzene rings is 7. The summed E-state index contributed by atoms with van der Waals surface area (Å²) in [5.74, 6) is 0. The smallest absolute Gasteiger partial charge is 0.135 e. The molecule has 9 rings (SSSR count). The first kappa shape index (κ1) is 28.8. The standard InChI is InChI=1S/C45H24N4O/c46-25-28-10-13-42-39(18-28)40-19-29(26-47)11-14-43(40)49(42)37-17-30(27-48)16-33(23-37)36-21-34(31-6-2-1-3-7-31)20-35(22-36)32-12-15-45-41(24-32)38-8-4-5-9-44(38)50-45/h1-24H. The quantitative estimate of drug-likeness (QED) is 0.192. The fraction of sp³-hybridized carbons (Fsp3) is 0. The van der Waals surface area contributed by atoms with Crippen LogP contribution >= 0.6 is 0 Å². The second-order valence-corrected chi connectivity index (χ2v) is 12.4. The van der Waals surface area contributed by atoms with Crippen molar-refractivity contribution < 1.29 is 4.42 Å². The van der Waals surface area contributed by atoms with Crippen molar-refractivity contribution in [2.45, 2.75) is 0 Å². The number of fused-ring (bicyclic) bond motifs is 6. The molecule has 0 aliphatic carbocycles. The SMILES string of the molecule is N#Cc1cc(-c2cc(-c3ccccc3)cc(-c3ccc4oc5ccccc5c4c3)c2)cc(-n2c3ccc(C#N)cc3c3cc(C#N)ccc32)c1. The number of aromatic nitrogens is 1. The predicted molar refractivity (Wildman–Crippen MR) is 199 cm³/mol. The largest absolute Gasteiger partial charge is 0.456 e. The van der Waals surface area contributed by atoms with Crippen molar-refractivity contribution in [1.82, 2.24) is 4.57 Å². The van der Waals surface area contributed by atoms with E-state index in [1.54, 1.807) is 12.1 Å². The van der Waals surface area contributed by atoms with Crippen molar-refractivity contribution in [2.75, 3.05) is 0 Å². The molecule has 50 heavy (non-hydrogen) atoms. The van der Waals surface area contributed by atoms with Gasteiger partial charge in [0.1, 0.15) is 11.2 Å². The number of hydrogen-bond acceptors (Lipinski definition) is 4. The molecule has 0 bridgehead atoms. The molecule has 0 spiro atoms. The van der Waals surface area contributed by atoms with E-state index in [1.807, 2.05) is 78.9 Å². The molecule has 0 aliphatic heterocycles. The van der Waals surface area contributed by atoms with E-state index in [9.17, 15) is 15.8 Å². The molecule has 0 aliphatic rings. The molecule has 9 aromatic rings. The molecule has 0 N–H and O–H groups in total. The lowest BCUT2D eigenvalue weighted by molar-refractivity contribution is 0.669. The number of rotatable bonds is 4. The Labute approximate surface area is 287 Å². The van der Waals surface area contributed by atoms with E-state index in [4.69, 9.17) is 4.42 Å². The van der Waals surface area contributed by atoms with E-state index in [0.29, 0.717) is 16.7 Å². The minimum absolute atomic E-state index is 0.521. The lowest BCUT2D eigenvalue weighted by Gasteiger charge is -2.14. The molecule has 7 aromatic carbocycles. The predicted octanol–water partition coefficient (Wildman–Crippen LogP) is 11.3. The summed E-state index contributed by atoms with van der Waals surface area (Å²) in [6.45, 7) is 0. The Morgan fingerprint density at radius 3 is 1.64 bits per heavy atom. The topological polar surface area (TPSA) is 89.4 Å². The van der Waals surface area contributed by atoms with Gasteiger partial charge in [-0.3, -0.25) is 0 Å². The fourth-order valence-electron chi connectivity index (χ4n) is 7.08. The molecule has 2 heterocycles. The van der Waals surface area contributed by atoms with Gasteiger partial charge in [-0.2, -0.15) is 15.8 Å². The minimum Gasteiger partial charge on any atom is -0.456 e. The van der Waals surface area contributed by atoms with Gasteiger partial charge in [0, 0.05) is 27.2 Å². The van der Waals surface area contributed by atoms with Gasteiger partial charge >= 0.3 is 0 Å². The van der Waals surface area contributed by atoms with Gasteiger partial charge in [0.15, 0.2) is 0 Å². The van der Waals surface area contributed by atoms with Gasteiger partial charge < -0.3 is 8.98 Å². The molecule has 0 radical (unpaired) electrons. The highest BCUT2D eigenvalue weighted by Crippen LogP contribution is 2.39. The van der Waals surface area contributed by atoms with Gasteiger partial charge in [0.2, 0.25) is 0 Å². The number of nitrogens with zero attached hydrogens (tertiary/aromatic N) is 4. The van der Waals surface area contributed by atoms with Crippen LogP contribution < -0.4 is 0 Å². The third-order valence-corrected chi connectivity index (χ3v) is 9.41. The lowest BCUT2D eigenvalue weighted by atomic mass is 9.92. The van der Waals surface area contributed by atoms with Crippen LogP contribution in [0, 0.1) is 34.0 Å². The third kappa shape index (κ3) is 4.69. The summed E-state index contributed by atoms with van der Waals surface area (Å²) < 4.78 is 8.23. The monoisotopic (exact) mass is 636 g/mol. The zero-order valence-corrected chi connectivity index (χ0v) is 26.6. The number of nitriles is 3. The van der Waals surface area contributed by atoms with Crippen LogP contribution in [0.5, 0.6) is 0 Å². The van der Waals surface area contributed by atoms with Crippen LogP contribution in [0.4, 0.5) is 0 Å². The summed E-state index contributed by atoms with van der Waals surface area (Å²) >= 11 is 0. The third-order valence-electron chi connectivity index (χ3n) is 9.41. The summed E-state index contributed by atoms with van der Waals surface area (Å²) in [6, 6.07) is 55.3. The van der Waals surface area contributed by atoms with Gasteiger partial charge in [-0.25, -0.2) is 0 Å². The van der Waals surface area contributed by atoms with Crippen molar-refractivity contribution in [2.24, 2.45) is 0 Å². The molecular formula is C45H24N4O. The zero-order valence-electron chi connectivity index (χ0n) is 26.6. The van der Waals surface area contributed by atoms with Crippen molar-refractivity contribution in [3.63, 3.8) is 0 Å². The molecule has 0 atom stereocenters. The van der Waals surface area contributed by atoms with E-state index in [0.717, 1.165) is 82.8 Å². The fourth-order valence-corrected chi connectivity index (χ4v) is 7.08. The van der Waals surface area contributed by atoms with Crippen LogP contribution in [0.2, 0.25) is 0 Å². The van der Waals surface area contributed by atoms with E-state index >= 15 is 0 Å². The first-order valence-electron chi connectivity index (χ1n) is 16.2. The van der Waals surface area contributed by atoms with E-state index in [1.165, 1.54) is 0 Å². The van der Waals surface area contributed by atoms with Crippen LogP contribution in [0.1, 0.15) is 16.7 Å². The second kappa shape index (κ2) is 11.4. The van der Waals surface area contributed by atoms with Crippen LogP contribution in [0.3, 0.4) is 0 Å². The van der Waals surface area contributed by atoms with Crippen LogP contribution in [-0.2, 0) is 0 Å². The highest BCUT2D eigenvalue weighted by Gasteiger charge is 2.17. The first-order chi connectivity index (χ1) is 24.6. The molecule has 0 amide bonds. The van der Waals surface area contributed by atoms with E-state index in [-0.39, 0.29) is 0 Å². The maximum atomic E-state index is 10.3. The van der Waals surface area contributed by atoms with Crippen LogP contribution in [0.25, 0.3) is 82.8 Å². The average molecular weight is 637 g/mol. The molecule has 5 nitrogen and oxygen atoms in total. The van der Waals surface area contributed by atoms with E-state index < -0.39 is 0 Å². The Bertz CT molecular complexity index is 2890. The summed E-state index contributed by atoms with van der Waals surface area (Å²) in [5, 5.41) is 33.5. The Balaban J connectivity index is 1.28. The van der Waals surface area contributed by atoms with Gasteiger partial charge in [0.05, 0.1) is 45.9 Å². The van der Waals surface area contributed by atoms with Crippen molar-refractivity contribution in [3.05, 3.63) is 162 Å². The van der Waals surface area contributed by atoms with Gasteiger partial charge in [-0.15, -0.1) is 0 Å². The lowest BCUT2D eigenvalue weighted by Crippen LogP contribution is -1.96. The second-order valence-electron chi connectivity index (χ2n) is 12.4. The summed E-state index contributed by atoms with van der Waals surface area (Å²) in [5.41, 5.74) is 12.0. The molecule has 0 fully saturated rings. The maximum Gasteiger partial charge on any atom is 0.135 e. The molecule has 5 heteroatoms. The van der Waals surface area contributed by atoms with Crippen LogP contribution in [-0.4, -0.2) is 4.57 Å². The number of para-hydroxylation sites is 1. The van der Waals surface area contributed by atoms with Gasteiger partial charge in [0.25, 0.3) is 0 Å². The summed E-state index contributed by atoms with van der Waals surface area (Å²) in [6.07, 6.45) is 0. The van der Waals surface area contributed by atoms with Crippen molar-refractivity contribution in [3.8, 4) is 57.3 Å². The Morgan fingerprint density at radius 1 is 0.380 bits per heavy atom. The Morgan fingerprint density at radius 2 is 0.960 bits per heavy atom. The van der Waals surface area contributed by atoms with E-state index in [2.05, 4.69) is 77.4 Å². The molecule has 2 aromatic heterocycles. The van der Waals surface area contributed by atoms with Crippen molar-refractivity contribution >= 4 is 43.7 Å². The Kier molecular flexibility index (Phi) is 6.56. The van der Waals surface area contributed by atoms with Gasteiger partial charge in [-0.05, 0) is 124 Å². The minimum atomic E-state index is 0.521. The van der Waals surface area contributed by atoms with Gasteiger partial charge in [-0.1, -0.05) is 54.6 Å². The normalized spacial score (nSPS) is 11.1. The molecule has 0 unspecified atom stereocenters. The first-order valence-corrected chi connectivity index (χ1v) is 16.2. The Hall–Kier alpha value is -7.39. The molecule has 0 saturated heterocycles. The maximum absolute atomic E-state index is 10.3. The highest BCUT2D eigenvalue weighted by atomic mass is 16.3. The highest BCUT2D eigenvalue weighted by molar-refractivity contribution is 6.10. The number of furan rings is 1. The summed E-state index contributed by atoms with van der Waals surface area (Å²) in [7, 11) is 0. The van der Waals surface area contributed by atoms with Crippen LogP contribution in [0.15, 0.2) is 150 Å².